The van der Waals surface area contributed by atoms with Crippen LogP contribution in [0.1, 0.15) is 44.5 Å². The van der Waals surface area contributed by atoms with Crippen LogP contribution in [-0.2, 0) is 4.74 Å². The van der Waals surface area contributed by atoms with Crippen LogP contribution in [0.25, 0.3) is 11.3 Å². The molecular formula is C22H28F3N5O2. The average molecular weight is 451 g/mol. The third-order valence-corrected chi connectivity index (χ3v) is 6.94. The van der Waals surface area contributed by atoms with Gasteiger partial charge in [0.1, 0.15) is 5.82 Å². The molecule has 0 amide bonds. The van der Waals surface area contributed by atoms with Crippen LogP contribution in [-0.4, -0.2) is 58.1 Å². The van der Waals surface area contributed by atoms with Crippen LogP contribution in [0.5, 0.6) is 5.75 Å². The number of morpholine rings is 1. The molecule has 2 aliphatic carbocycles. The Labute approximate surface area is 184 Å². The van der Waals surface area contributed by atoms with Crippen LogP contribution in [0, 0.1) is 11.8 Å². The van der Waals surface area contributed by atoms with Crippen molar-refractivity contribution in [3.8, 4) is 17.0 Å². The van der Waals surface area contributed by atoms with Gasteiger partial charge in [0.25, 0.3) is 0 Å². The summed E-state index contributed by atoms with van der Waals surface area (Å²) in [6, 6.07) is 2.28. The lowest BCUT2D eigenvalue weighted by atomic mass is 10.1. The van der Waals surface area contributed by atoms with E-state index in [1.54, 1.807) is 0 Å². The second-order valence-electron chi connectivity index (χ2n) is 9.29. The molecule has 2 saturated carbocycles. The molecule has 2 aromatic rings. The van der Waals surface area contributed by atoms with E-state index in [-0.39, 0.29) is 11.7 Å². The number of pyridine rings is 1. The summed E-state index contributed by atoms with van der Waals surface area (Å²) in [5, 5.41) is 0. The number of aromatic nitrogens is 3. The first-order valence-electron chi connectivity index (χ1n) is 11.1. The summed E-state index contributed by atoms with van der Waals surface area (Å²) in [6.45, 7) is 7.80. The minimum atomic E-state index is -4.83. The number of hydrogen-bond acceptors (Lipinski definition) is 6. The number of imidazole rings is 1. The summed E-state index contributed by atoms with van der Waals surface area (Å²) in [7, 11) is 0. The molecule has 2 aromatic heterocycles. The number of halogens is 3. The highest BCUT2D eigenvalue weighted by atomic mass is 19.4. The number of hydrogen-bond donors (Lipinski definition) is 1. The molecule has 2 N–H and O–H groups in total. The van der Waals surface area contributed by atoms with Crippen molar-refractivity contribution < 1.29 is 22.6 Å². The first-order valence-corrected chi connectivity index (χ1v) is 11.1. The van der Waals surface area contributed by atoms with Crippen molar-refractivity contribution in [1.82, 2.24) is 19.4 Å². The molecule has 32 heavy (non-hydrogen) atoms. The summed E-state index contributed by atoms with van der Waals surface area (Å²) in [5.41, 5.74) is 6.62. The smallest absolute Gasteiger partial charge is 0.402 e. The summed E-state index contributed by atoms with van der Waals surface area (Å²) < 4.78 is 49.9. The Bertz CT molecular complexity index is 974. The largest absolute Gasteiger partial charge is 0.573 e. The predicted octanol–water partition coefficient (Wildman–Crippen LogP) is 3.83. The number of nitrogens with two attached hydrogens (primary N) is 1. The standard InChI is InChI=1S/C22H28F3N5O2/c1-12(2)21-28-17(13-7-18(20(26)27-10-13)32-22(23,24)25)11-30(21)19-15-8-14(9-16(15)19)29-3-5-31-6-4-29/h7,10-12,14-16,19H,3-6,8-9H2,1-2H3,(H2,26,27). The summed E-state index contributed by atoms with van der Waals surface area (Å²) in [5.74, 6) is 1.56. The molecule has 174 valence electrons. The number of rotatable bonds is 5. The normalized spacial score (nSPS) is 28.2. The number of nitrogen functional groups attached to an aromatic ring is 1. The number of nitrogens with zero attached hydrogens (tertiary/aromatic N) is 4. The molecule has 2 atom stereocenters. The zero-order valence-corrected chi connectivity index (χ0v) is 18.2. The van der Waals surface area contributed by atoms with Gasteiger partial charge in [-0.2, -0.15) is 0 Å². The number of ether oxygens (including phenoxy) is 2. The van der Waals surface area contributed by atoms with Crippen LogP contribution in [0.2, 0.25) is 0 Å². The van der Waals surface area contributed by atoms with Crippen LogP contribution >= 0.6 is 0 Å². The Hall–Kier alpha value is -2.33. The molecule has 1 saturated heterocycles. The molecule has 5 rings (SSSR count). The van der Waals surface area contributed by atoms with Gasteiger partial charge in [-0.25, -0.2) is 9.97 Å². The van der Waals surface area contributed by atoms with Gasteiger partial charge >= 0.3 is 6.36 Å². The highest BCUT2D eigenvalue weighted by Crippen LogP contribution is 2.62. The van der Waals surface area contributed by atoms with Crippen LogP contribution in [0.15, 0.2) is 18.5 Å². The second kappa shape index (κ2) is 7.91. The zero-order chi connectivity index (χ0) is 22.6. The fourth-order valence-corrected chi connectivity index (χ4v) is 5.45. The lowest BCUT2D eigenvalue weighted by Crippen LogP contribution is -2.43. The Balaban J connectivity index is 1.36. The average Bonchev–Trinajstić information content (AvgIpc) is 3.09. The summed E-state index contributed by atoms with van der Waals surface area (Å²) >= 11 is 0. The molecule has 3 aliphatic rings. The molecule has 1 aliphatic heterocycles. The van der Waals surface area contributed by atoms with Crippen LogP contribution < -0.4 is 10.5 Å². The molecule has 0 radical (unpaired) electrons. The maximum atomic E-state index is 12.7. The highest BCUT2D eigenvalue weighted by molar-refractivity contribution is 5.64. The van der Waals surface area contributed by atoms with Gasteiger partial charge in [-0.15, -0.1) is 13.2 Å². The lowest BCUT2D eigenvalue weighted by Gasteiger charge is -2.33. The Kier molecular flexibility index (Phi) is 5.32. The first-order chi connectivity index (χ1) is 15.2. The zero-order valence-electron chi connectivity index (χ0n) is 18.2. The Morgan fingerprint density at radius 2 is 1.88 bits per heavy atom. The van der Waals surface area contributed by atoms with E-state index in [1.165, 1.54) is 25.1 Å². The van der Waals surface area contributed by atoms with E-state index in [1.807, 2.05) is 6.20 Å². The fourth-order valence-electron chi connectivity index (χ4n) is 5.45. The van der Waals surface area contributed by atoms with E-state index in [0.29, 0.717) is 35.2 Å². The summed E-state index contributed by atoms with van der Waals surface area (Å²) in [6.07, 6.45) is 0.907. The van der Waals surface area contributed by atoms with Gasteiger partial charge in [0, 0.05) is 49.0 Å². The van der Waals surface area contributed by atoms with Crippen molar-refractivity contribution in [3.63, 3.8) is 0 Å². The highest BCUT2D eigenvalue weighted by Gasteiger charge is 2.58. The minimum absolute atomic E-state index is 0.188. The van der Waals surface area contributed by atoms with Gasteiger partial charge in [0.05, 0.1) is 18.9 Å². The van der Waals surface area contributed by atoms with Crippen molar-refractivity contribution in [2.45, 2.75) is 51.1 Å². The van der Waals surface area contributed by atoms with Gasteiger partial charge in [0.15, 0.2) is 11.6 Å². The minimum Gasteiger partial charge on any atom is -0.402 e. The van der Waals surface area contributed by atoms with E-state index in [4.69, 9.17) is 15.5 Å². The van der Waals surface area contributed by atoms with E-state index in [9.17, 15) is 13.2 Å². The first kappa shape index (κ1) is 21.5. The SMILES string of the molecule is CC(C)c1nc(-c2cnc(N)c(OC(F)(F)F)c2)cn1C1C2CC(N3CCOCC3)CC21. The van der Waals surface area contributed by atoms with E-state index < -0.39 is 12.1 Å². The molecule has 0 aromatic carbocycles. The summed E-state index contributed by atoms with van der Waals surface area (Å²) in [4.78, 5) is 11.2. The van der Waals surface area contributed by atoms with Crippen molar-refractivity contribution in [2.24, 2.45) is 11.8 Å². The predicted molar refractivity (Wildman–Crippen MR) is 112 cm³/mol. The molecule has 10 heteroatoms. The van der Waals surface area contributed by atoms with Gasteiger partial charge in [0.2, 0.25) is 0 Å². The Morgan fingerprint density at radius 3 is 2.50 bits per heavy atom. The molecule has 0 bridgehead atoms. The van der Waals surface area contributed by atoms with Gasteiger partial charge in [-0.1, -0.05) is 13.8 Å². The molecular weight excluding hydrogens is 423 g/mol. The van der Waals surface area contributed by atoms with Crippen LogP contribution in [0.3, 0.4) is 0 Å². The van der Waals surface area contributed by atoms with Crippen molar-refractivity contribution in [3.05, 3.63) is 24.3 Å². The Morgan fingerprint density at radius 1 is 1.19 bits per heavy atom. The lowest BCUT2D eigenvalue weighted by molar-refractivity contribution is -0.274. The number of fused-ring (bicyclic) bond motifs is 1. The van der Waals surface area contributed by atoms with Crippen molar-refractivity contribution >= 4 is 5.82 Å². The molecule has 7 nitrogen and oxygen atoms in total. The van der Waals surface area contributed by atoms with E-state index in [2.05, 4.69) is 33.0 Å². The number of anilines is 1. The number of alkyl halides is 3. The molecule has 3 heterocycles. The molecule has 0 spiro atoms. The maximum absolute atomic E-state index is 12.7. The second-order valence-corrected chi connectivity index (χ2v) is 9.29. The quantitative estimate of drug-likeness (QED) is 0.745. The van der Waals surface area contributed by atoms with E-state index >= 15 is 0 Å². The fraction of sp³-hybridized carbons (Fsp3) is 0.636. The van der Waals surface area contributed by atoms with Crippen LogP contribution in [0.4, 0.5) is 19.0 Å². The van der Waals surface area contributed by atoms with Gasteiger partial charge in [-0.3, -0.25) is 4.90 Å². The topological polar surface area (TPSA) is 78.4 Å². The van der Waals surface area contributed by atoms with Gasteiger partial charge in [-0.05, 0) is 30.7 Å². The monoisotopic (exact) mass is 451 g/mol. The van der Waals surface area contributed by atoms with Crippen molar-refractivity contribution in [1.29, 1.82) is 0 Å². The molecule has 2 unspecified atom stereocenters. The maximum Gasteiger partial charge on any atom is 0.573 e. The van der Waals surface area contributed by atoms with E-state index in [0.717, 1.165) is 32.1 Å². The third kappa shape index (κ3) is 4.05. The third-order valence-electron chi connectivity index (χ3n) is 6.94. The molecule has 3 fully saturated rings. The van der Waals surface area contributed by atoms with Crippen molar-refractivity contribution in [2.75, 3.05) is 32.0 Å². The van der Waals surface area contributed by atoms with Gasteiger partial charge < -0.3 is 19.8 Å².